The van der Waals surface area contributed by atoms with Gasteiger partial charge < -0.3 is 14.6 Å². The average molecular weight is 361 g/mol. The van der Waals surface area contributed by atoms with Crippen LogP contribution in [-0.2, 0) is 6.42 Å². The van der Waals surface area contributed by atoms with Crippen LogP contribution in [0.2, 0.25) is 5.02 Å². The number of likely N-dealkylation sites (tertiary alicyclic amines) is 1. The molecule has 6 heteroatoms. The predicted molar refractivity (Wildman–Crippen MR) is 97.7 cm³/mol. The molecule has 25 heavy (non-hydrogen) atoms. The predicted octanol–water partition coefficient (Wildman–Crippen LogP) is 3.11. The summed E-state index contributed by atoms with van der Waals surface area (Å²) in [5, 5.41) is 0.424. The fourth-order valence-corrected chi connectivity index (χ4v) is 3.12. The summed E-state index contributed by atoms with van der Waals surface area (Å²) < 4.78 is 5.91. The second-order valence-corrected chi connectivity index (χ2v) is 6.72. The number of halogens is 1. The number of aromatic nitrogens is 1. The lowest BCUT2D eigenvalue weighted by atomic mass is 10.1. The lowest BCUT2D eigenvalue weighted by molar-refractivity contribution is 0.0175. The van der Waals surface area contributed by atoms with E-state index in [0.717, 1.165) is 12.2 Å². The van der Waals surface area contributed by atoms with Gasteiger partial charge >= 0.3 is 0 Å². The molecule has 1 fully saturated rings. The molecule has 0 saturated carbocycles. The van der Waals surface area contributed by atoms with E-state index in [1.54, 1.807) is 18.7 Å². The summed E-state index contributed by atoms with van der Waals surface area (Å²) in [6, 6.07) is 7.95. The van der Waals surface area contributed by atoms with Crippen molar-refractivity contribution in [3.8, 4) is 5.75 Å². The van der Waals surface area contributed by atoms with Crippen LogP contribution in [0.1, 0.15) is 34.1 Å². The fraction of sp³-hybridized carbons (Fsp3) is 0.368. The highest BCUT2D eigenvalue weighted by atomic mass is 35.5. The molecule has 0 bridgehead atoms. The Kier molecular flexibility index (Phi) is 4.86. The van der Waals surface area contributed by atoms with Gasteiger partial charge in [-0.15, -0.1) is 0 Å². The van der Waals surface area contributed by atoms with Crippen LogP contribution in [0.4, 0.5) is 0 Å². The summed E-state index contributed by atoms with van der Waals surface area (Å²) >= 11 is 6.16. The molecule has 2 heterocycles. The molecular weight excluding hydrogens is 340 g/mol. The Morgan fingerprint density at radius 1 is 1.36 bits per heavy atom. The lowest BCUT2D eigenvalue weighted by Crippen LogP contribution is -2.57. The average Bonchev–Trinajstić information content (AvgIpc) is 2.55. The van der Waals surface area contributed by atoms with E-state index in [0.29, 0.717) is 29.4 Å². The van der Waals surface area contributed by atoms with Gasteiger partial charge in [-0.1, -0.05) is 30.7 Å². The Labute approximate surface area is 151 Å². The number of ether oxygens (including phenoxy) is 1. The Hall–Kier alpha value is -2.27. The topological polar surface area (TPSA) is 62.4 Å². The van der Waals surface area contributed by atoms with Gasteiger partial charge in [-0.05, 0) is 43.5 Å². The molecule has 1 N–H and O–H groups in total. The minimum atomic E-state index is -0.399. The number of nitrogens with zero attached hydrogens (tertiary/aromatic N) is 1. The lowest BCUT2D eigenvalue weighted by Gasteiger charge is -2.39. The van der Waals surface area contributed by atoms with E-state index >= 15 is 0 Å². The molecule has 3 rings (SSSR count). The highest BCUT2D eigenvalue weighted by Gasteiger charge is 2.35. The fourth-order valence-electron chi connectivity index (χ4n) is 2.97. The van der Waals surface area contributed by atoms with Crippen LogP contribution in [0, 0.1) is 13.8 Å². The number of H-pyrrole nitrogens is 1. The first kappa shape index (κ1) is 17.5. The minimum absolute atomic E-state index is 0.0589. The number of amides is 1. The summed E-state index contributed by atoms with van der Waals surface area (Å²) in [5.74, 6) is 0.506. The van der Waals surface area contributed by atoms with E-state index in [-0.39, 0.29) is 17.6 Å². The van der Waals surface area contributed by atoms with Crippen molar-refractivity contribution in [2.24, 2.45) is 0 Å². The Bertz CT molecular complexity index is 869. The molecule has 5 nitrogen and oxygen atoms in total. The van der Waals surface area contributed by atoms with Crippen molar-refractivity contribution in [2.75, 3.05) is 13.1 Å². The molecule has 2 aromatic rings. The molecule has 0 spiro atoms. The van der Waals surface area contributed by atoms with Gasteiger partial charge in [0.25, 0.3) is 11.5 Å². The first-order valence-corrected chi connectivity index (χ1v) is 8.72. The molecule has 0 aliphatic carbocycles. The van der Waals surface area contributed by atoms with Crippen molar-refractivity contribution in [2.45, 2.75) is 33.3 Å². The monoisotopic (exact) mass is 360 g/mol. The third-order valence-corrected chi connectivity index (χ3v) is 5.09. The molecule has 1 aliphatic rings. The van der Waals surface area contributed by atoms with Crippen molar-refractivity contribution < 1.29 is 9.53 Å². The van der Waals surface area contributed by atoms with Crippen LogP contribution in [0.5, 0.6) is 5.75 Å². The highest BCUT2D eigenvalue weighted by molar-refractivity contribution is 6.32. The third kappa shape index (κ3) is 3.42. The van der Waals surface area contributed by atoms with E-state index in [2.05, 4.69) is 18.0 Å². The molecule has 1 aromatic carbocycles. The molecule has 0 radical (unpaired) electrons. The molecule has 0 atom stereocenters. The quantitative estimate of drug-likeness (QED) is 0.911. The van der Waals surface area contributed by atoms with Crippen LogP contribution in [0.25, 0.3) is 0 Å². The van der Waals surface area contributed by atoms with E-state index in [1.165, 1.54) is 5.56 Å². The normalized spacial score (nSPS) is 14.3. The minimum Gasteiger partial charge on any atom is -0.487 e. The van der Waals surface area contributed by atoms with Crippen molar-refractivity contribution in [1.82, 2.24) is 9.88 Å². The Morgan fingerprint density at radius 3 is 2.76 bits per heavy atom. The number of rotatable bonds is 4. The molecule has 0 unspecified atom stereocenters. The van der Waals surface area contributed by atoms with Crippen LogP contribution in [-0.4, -0.2) is 35.0 Å². The summed E-state index contributed by atoms with van der Waals surface area (Å²) in [4.78, 5) is 29.0. The van der Waals surface area contributed by atoms with Gasteiger partial charge in [-0.25, -0.2) is 0 Å². The maximum absolute atomic E-state index is 12.6. The van der Waals surface area contributed by atoms with Crippen LogP contribution in [0.3, 0.4) is 0 Å². The van der Waals surface area contributed by atoms with Gasteiger partial charge in [0.1, 0.15) is 17.4 Å². The van der Waals surface area contributed by atoms with E-state index in [1.807, 2.05) is 18.2 Å². The number of hydrogen-bond acceptors (Lipinski definition) is 3. The Balaban J connectivity index is 1.68. The highest BCUT2D eigenvalue weighted by Crippen LogP contribution is 2.24. The van der Waals surface area contributed by atoms with Gasteiger partial charge in [0, 0.05) is 5.69 Å². The third-order valence-electron chi connectivity index (χ3n) is 4.52. The molecule has 132 valence electrons. The summed E-state index contributed by atoms with van der Waals surface area (Å²) in [6.45, 7) is 6.42. The largest absolute Gasteiger partial charge is 0.487 e. The van der Waals surface area contributed by atoms with Crippen molar-refractivity contribution in [1.29, 1.82) is 0 Å². The van der Waals surface area contributed by atoms with Gasteiger partial charge in [0.15, 0.2) is 0 Å². The number of aryl methyl sites for hydroxylation is 2. The van der Waals surface area contributed by atoms with Crippen LogP contribution >= 0.6 is 11.6 Å². The van der Waals surface area contributed by atoms with Gasteiger partial charge in [0.05, 0.1) is 18.1 Å². The summed E-state index contributed by atoms with van der Waals surface area (Å²) in [5.41, 5.74) is 2.02. The second kappa shape index (κ2) is 6.92. The number of hydrogen-bond donors (Lipinski definition) is 1. The molecule has 1 saturated heterocycles. The second-order valence-electron chi connectivity index (χ2n) is 6.34. The van der Waals surface area contributed by atoms with Crippen molar-refractivity contribution >= 4 is 17.5 Å². The maximum atomic E-state index is 12.6. The molecule has 1 amide bonds. The maximum Gasteiger partial charge on any atom is 0.261 e. The van der Waals surface area contributed by atoms with Crippen LogP contribution < -0.4 is 10.3 Å². The zero-order chi connectivity index (χ0) is 18.1. The van der Waals surface area contributed by atoms with E-state index in [9.17, 15) is 9.59 Å². The Morgan fingerprint density at radius 2 is 2.08 bits per heavy atom. The first-order valence-electron chi connectivity index (χ1n) is 8.34. The standard InChI is InChI=1S/C19H21ClN2O3/c1-4-13-6-5-7-14(8-13)25-15-9-22(10-15)19(24)16-11(2)17(20)12(3)21-18(16)23/h5-8,15H,4,9-10H2,1-3H3,(H,21,23). The number of pyridine rings is 1. The molecular formula is C19H21ClN2O3. The summed E-state index contributed by atoms with van der Waals surface area (Å²) in [7, 11) is 0. The molecule has 1 aliphatic heterocycles. The SMILES string of the molecule is CCc1cccc(OC2CN(C(=O)c3c(C)c(Cl)c(C)[nH]c3=O)C2)c1. The van der Waals surface area contributed by atoms with Crippen LogP contribution in [0.15, 0.2) is 29.1 Å². The van der Waals surface area contributed by atoms with Crippen molar-refractivity contribution in [3.05, 3.63) is 62.0 Å². The number of nitrogens with one attached hydrogen (secondary N) is 1. The zero-order valence-electron chi connectivity index (χ0n) is 14.6. The van der Waals surface area contributed by atoms with Gasteiger partial charge in [-0.2, -0.15) is 0 Å². The van der Waals surface area contributed by atoms with Gasteiger partial charge in [0.2, 0.25) is 0 Å². The summed E-state index contributed by atoms with van der Waals surface area (Å²) in [6.07, 6.45) is 0.888. The first-order chi connectivity index (χ1) is 11.9. The number of aromatic amines is 1. The zero-order valence-corrected chi connectivity index (χ0v) is 15.3. The number of carbonyl (C=O) groups excluding carboxylic acids is 1. The van der Waals surface area contributed by atoms with E-state index in [4.69, 9.17) is 16.3 Å². The van der Waals surface area contributed by atoms with Gasteiger partial charge in [-0.3, -0.25) is 9.59 Å². The van der Waals surface area contributed by atoms with Crippen molar-refractivity contribution in [3.63, 3.8) is 0 Å². The number of carbonyl (C=O) groups is 1. The molecule has 1 aromatic heterocycles. The smallest absolute Gasteiger partial charge is 0.261 e. The van der Waals surface area contributed by atoms with E-state index < -0.39 is 5.56 Å². The number of benzene rings is 1.